The maximum absolute atomic E-state index is 12.3. The number of hydrogen-bond donors (Lipinski definition) is 1. The first kappa shape index (κ1) is 13.9. The lowest BCUT2D eigenvalue weighted by molar-refractivity contribution is -0.141. The molecule has 2 atom stereocenters. The minimum atomic E-state index is -0.980. The van der Waals surface area contributed by atoms with E-state index in [2.05, 4.69) is 5.32 Å². The van der Waals surface area contributed by atoms with Crippen LogP contribution in [0, 0.1) is 0 Å². The molecule has 0 bridgehead atoms. The Labute approximate surface area is 123 Å². The molecule has 2 heterocycles. The molecule has 0 saturated carbocycles. The van der Waals surface area contributed by atoms with Gasteiger partial charge in [-0.05, 0) is 12.5 Å². The molecule has 0 aromatic heterocycles. The largest absolute Gasteiger partial charge is 0.445 e. The lowest BCUT2D eigenvalue weighted by atomic mass is 9.94. The summed E-state index contributed by atoms with van der Waals surface area (Å²) in [6.07, 6.45) is -0.797. The number of ether oxygens (including phenoxy) is 2. The van der Waals surface area contributed by atoms with E-state index >= 15 is 0 Å². The van der Waals surface area contributed by atoms with Gasteiger partial charge in [0.25, 0.3) is 0 Å². The van der Waals surface area contributed by atoms with Crippen LogP contribution >= 0.6 is 0 Å². The molecule has 2 aliphatic heterocycles. The number of carbonyl (C=O) groups excluding carboxylic acids is 2. The molecule has 1 aromatic rings. The Morgan fingerprint density at radius 2 is 2.24 bits per heavy atom. The van der Waals surface area contributed by atoms with Crippen LogP contribution in [0.1, 0.15) is 12.5 Å². The SMILES string of the molecule is CC12C(=O)NCC1OCCN2C(=O)OCc1ccccc1. The van der Waals surface area contributed by atoms with Gasteiger partial charge >= 0.3 is 6.09 Å². The van der Waals surface area contributed by atoms with Crippen LogP contribution in [0.4, 0.5) is 4.79 Å². The second kappa shape index (κ2) is 5.37. The lowest BCUT2D eigenvalue weighted by Gasteiger charge is -2.42. The fourth-order valence-electron chi connectivity index (χ4n) is 2.82. The zero-order chi connectivity index (χ0) is 14.9. The predicted octanol–water partition coefficient (Wildman–Crippen LogP) is 0.912. The van der Waals surface area contributed by atoms with Crippen LogP contribution in [0.25, 0.3) is 0 Å². The molecule has 3 rings (SSSR count). The number of rotatable bonds is 2. The number of benzene rings is 1. The Bertz CT molecular complexity index is 548. The molecule has 112 valence electrons. The first-order chi connectivity index (χ1) is 10.1. The molecule has 0 aliphatic carbocycles. The fourth-order valence-corrected chi connectivity index (χ4v) is 2.82. The van der Waals surface area contributed by atoms with Crippen molar-refractivity contribution < 1.29 is 19.1 Å². The van der Waals surface area contributed by atoms with Crippen LogP contribution < -0.4 is 5.32 Å². The van der Waals surface area contributed by atoms with Crippen LogP contribution in [-0.4, -0.2) is 48.2 Å². The van der Waals surface area contributed by atoms with Gasteiger partial charge in [-0.2, -0.15) is 0 Å². The van der Waals surface area contributed by atoms with Crippen molar-refractivity contribution in [3.05, 3.63) is 35.9 Å². The number of nitrogens with one attached hydrogen (secondary N) is 1. The third-order valence-corrected chi connectivity index (χ3v) is 4.15. The van der Waals surface area contributed by atoms with E-state index in [1.807, 2.05) is 30.3 Å². The van der Waals surface area contributed by atoms with E-state index in [1.165, 1.54) is 4.90 Å². The summed E-state index contributed by atoms with van der Waals surface area (Å²) in [6.45, 7) is 3.11. The highest BCUT2D eigenvalue weighted by molar-refractivity contribution is 5.92. The van der Waals surface area contributed by atoms with Gasteiger partial charge in [0.1, 0.15) is 18.2 Å². The molecule has 1 N–H and O–H groups in total. The van der Waals surface area contributed by atoms with Crippen molar-refractivity contribution in [2.45, 2.75) is 25.2 Å². The van der Waals surface area contributed by atoms with Gasteiger partial charge < -0.3 is 14.8 Å². The smallest absolute Gasteiger partial charge is 0.411 e. The van der Waals surface area contributed by atoms with Gasteiger partial charge in [0.15, 0.2) is 0 Å². The molecule has 0 radical (unpaired) electrons. The first-order valence-electron chi connectivity index (χ1n) is 7.00. The third-order valence-electron chi connectivity index (χ3n) is 4.15. The molecule has 6 nitrogen and oxygen atoms in total. The van der Waals surface area contributed by atoms with Crippen molar-refractivity contribution >= 4 is 12.0 Å². The van der Waals surface area contributed by atoms with E-state index in [0.717, 1.165) is 5.56 Å². The van der Waals surface area contributed by atoms with Gasteiger partial charge in [0.2, 0.25) is 5.91 Å². The zero-order valence-corrected chi connectivity index (χ0v) is 11.9. The molecule has 0 spiro atoms. The highest BCUT2D eigenvalue weighted by Crippen LogP contribution is 2.30. The summed E-state index contributed by atoms with van der Waals surface area (Å²) >= 11 is 0. The van der Waals surface area contributed by atoms with Gasteiger partial charge in [-0.1, -0.05) is 30.3 Å². The Hall–Kier alpha value is -2.08. The Morgan fingerprint density at radius 1 is 1.48 bits per heavy atom. The monoisotopic (exact) mass is 290 g/mol. The molecule has 6 heteroatoms. The average molecular weight is 290 g/mol. The van der Waals surface area contributed by atoms with Crippen molar-refractivity contribution in [2.75, 3.05) is 19.7 Å². The van der Waals surface area contributed by atoms with E-state index < -0.39 is 11.6 Å². The minimum Gasteiger partial charge on any atom is -0.445 e. The van der Waals surface area contributed by atoms with Crippen molar-refractivity contribution in [1.29, 1.82) is 0 Å². The minimum absolute atomic E-state index is 0.191. The van der Waals surface area contributed by atoms with Crippen LogP contribution in [-0.2, 0) is 20.9 Å². The van der Waals surface area contributed by atoms with Crippen LogP contribution in [0.3, 0.4) is 0 Å². The molecular formula is C15H18N2O4. The summed E-state index contributed by atoms with van der Waals surface area (Å²) in [4.78, 5) is 25.9. The topological polar surface area (TPSA) is 67.9 Å². The second-order valence-electron chi connectivity index (χ2n) is 5.41. The number of fused-ring (bicyclic) bond motifs is 1. The standard InChI is InChI=1S/C15H18N2O4/c1-15-12(9-16-13(15)18)20-8-7-17(15)14(19)21-10-11-5-3-2-4-6-11/h2-6,12H,7-10H2,1H3,(H,16,18). The molecule has 2 aliphatic rings. The summed E-state index contributed by atoms with van der Waals surface area (Å²) in [5.74, 6) is -0.191. The highest BCUT2D eigenvalue weighted by atomic mass is 16.6. The fraction of sp³-hybridized carbons (Fsp3) is 0.467. The van der Waals surface area contributed by atoms with Gasteiger partial charge in [0, 0.05) is 13.1 Å². The van der Waals surface area contributed by atoms with E-state index in [9.17, 15) is 9.59 Å². The maximum atomic E-state index is 12.3. The molecule has 1 aromatic carbocycles. The maximum Gasteiger partial charge on any atom is 0.411 e. The zero-order valence-electron chi connectivity index (χ0n) is 11.9. The quantitative estimate of drug-likeness (QED) is 0.879. The molecule has 21 heavy (non-hydrogen) atoms. The number of hydrogen-bond acceptors (Lipinski definition) is 4. The Balaban J connectivity index is 1.70. The van der Waals surface area contributed by atoms with Gasteiger partial charge in [0.05, 0.1) is 6.61 Å². The average Bonchev–Trinajstić information content (AvgIpc) is 2.81. The summed E-state index contributed by atoms with van der Waals surface area (Å²) in [5, 5.41) is 2.75. The van der Waals surface area contributed by atoms with Crippen molar-refractivity contribution in [1.82, 2.24) is 10.2 Å². The molecule has 2 unspecified atom stereocenters. The summed E-state index contributed by atoms with van der Waals surface area (Å²) < 4.78 is 10.9. The normalized spacial score (nSPS) is 28.0. The van der Waals surface area contributed by atoms with Crippen molar-refractivity contribution in [2.24, 2.45) is 0 Å². The lowest BCUT2D eigenvalue weighted by Crippen LogP contribution is -2.64. The van der Waals surface area contributed by atoms with Gasteiger partial charge in [-0.3, -0.25) is 9.69 Å². The van der Waals surface area contributed by atoms with E-state index in [-0.39, 0.29) is 18.6 Å². The summed E-state index contributed by atoms with van der Waals surface area (Å²) in [6, 6.07) is 9.46. The number of carbonyl (C=O) groups is 2. The third kappa shape index (κ3) is 2.35. The first-order valence-corrected chi connectivity index (χ1v) is 7.00. The number of morpholine rings is 1. The molecule has 2 saturated heterocycles. The van der Waals surface area contributed by atoms with Crippen LogP contribution in [0.2, 0.25) is 0 Å². The highest BCUT2D eigenvalue weighted by Gasteiger charge is 2.55. The summed E-state index contributed by atoms with van der Waals surface area (Å²) in [5.41, 5.74) is -0.0665. The van der Waals surface area contributed by atoms with Crippen molar-refractivity contribution in [3.63, 3.8) is 0 Å². The van der Waals surface area contributed by atoms with Crippen LogP contribution in [0.15, 0.2) is 30.3 Å². The van der Waals surface area contributed by atoms with E-state index in [0.29, 0.717) is 19.7 Å². The number of nitrogens with zero attached hydrogens (tertiary/aromatic N) is 1. The number of amides is 2. The van der Waals surface area contributed by atoms with Gasteiger partial charge in [-0.15, -0.1) is 0 Å². The molecule has 2 fully saturated rings. The Morgan fingerprint density at radius 3 is 3.00 bits per heavy atom. The molecule has 2 amide bonds. The molecular weight excluding hydrogens is 272 g/mol. The Kier molecular flexibility index (Phi) is 3.55. The second-order valence-corrected chi connectivity index (χ2v) is 5.41. The van der Waals surface area contributed by atoms with E-state index in [4.69, 9.17) is 9.47 Å². The summed E-state index contributed by atoms with van der Waals surface area (Å²) in [7, 11) is 0. The van der Waals surface area contributed by atoms with Crippen molar-refractivity contribution in [3.8, 4) is 0 Å². The van der Waals surface area contributed by atoms with Crippen LogP contribution in [0.5, 0.6) is 0 Å². The predicted molar refractivity (Wildman–Crippen MR) is 74.5 cm³/mol. The van der Waals surface area contributed by atoms with E-state index in [1.54, 1.807) is 6.92 Å². The van der Waals surface area contributed by atoms with Gasteiger partial charge in [-0.25, -0.2) is 4.79 Å².